The summed E-state index contributed by atoms with van der Waals surface area (Å²) < 4.78 is 67.6. The van der Waals surface area contributed by atoms with Crippen LogP contribution in [0.1, 0.15) is 12.8 Å². The van der Waals surface area contributed by atoms with Gasteiger partial charge in [0.1, 0.15) is 5.82 Å². The lowest BCUT2D eigenvalue weighted by molar-refractivity contribution is 0.308. The summed E-state index contributed by atoms with van der Waals surface area (Å²) in [5.74, 6) is -0.533. The van der Waals surface area contributed by atoms with E-state index in [9.17, 15) is 21.2 Å². The van der Waals surface area contributed by atoms with Gasteiger partial charge in [0, 0.05) is 23.6 Å². The molecule has 2 aromatic rings. The topological polar surface area (TPSA) is 83.6 Å². The molecule has 1 aliphatic rings. The van der Waals surface area contributed by atoms with Crippen molar-refractivity contribution in [2.75, 3.05) is 13.1 Å². The van der Waals surface area contributed by atoms with E-state index in [1.807, 2.05) is 0 Å². The van der Waals surface area contributed by atoms with E-state index >= 15 is 0 Å². The Labute approximate surface area is 166 Å². The summed E-state index contributed by atoms with van der Waals surface area (Å²) in [6.07, 6.45) is 0.703. The zero-order chi connectivity index (χ0) is 19.7. The molecule has 1 aliphatic heterocycles. The fourth-order valence-electron chi connectivity index (χ4n) is 2.92. The number of sulfonamides is 2. The smallest absolute Gasteiger partial charge is 0.208 e. The predicted molar refractivity (Wildman–Crippen MR) is 103 cm³/mol. The fraction of sp³-hybridized carbons (Fsp3) is 0.294. The monoisotopic (exact) mass is 476 g/mol. The van der Waals surface area contributed by atoms with E-state index < -0.39 is 25.9 Å². The molecule has 0 bridgehead atoms. The van der Waals surface area contributed by atoms with Crippen molar-refractivity contribution in [2.24, 2.45) is 0 Å². The Balaban J connectivity index is 1.68. The zero-order valence-corrected chi connectivity index (χ0v) is 17.4. The Bertz CT molecular complexity index is 1020. The molecular weight excluding hydrogens is 459 g/mol. The molecule has 6 nitrogen and oxygen atoms in total. The summed E-state index contributed by atoms with van der Waals surface area (Å²) in [5, 5.41) is 0. The first-order valence-corrected chi connectivity index (χ1v) is 11.9. The molecule has 1 heterocycles. The van der Waals surface area contributed by atoms with Crippen molar-refractivity contribution < 1.29 is 21.2 Å². The minimum absolute atomic E-state index is 0.00721. The maximum absolute atomic E-state index is 13.2. The summed E-state index contributed by atoms with van der Waals surface area (Å²) in [5.41, 5.74) is 0. The van der Waals surface area contributed by atoms with Gasteiger partial charge in [-0.15, -0.1) is 0 Å². The van der Waals surface area contributed by atoms with Crippen LogP contribution in [0, 0.1) is 5.82 Å². The Morgan fingerprint density at radius 2 is 1.63 bits per heavy atom. The van der Waals surface area contributed by atoms with Gasteiger partial charge in [-0.2, -0.15) is 4.31 Å². The first kappa shape index (κ1) is 20.4. The van der Waals surface area contributed by atoms with Crippen LogP contribution in [0.2, 0.25) is 0 Å². The summed E-state index contributed by atoms with van der Waals surface area (Å²) >= 11 is 3.09. The highest BCUT2D eigenvalue weighted by Crippen LogP contribution is 2.28. The van der Waals surface area contributed by atoms with Crippen molar-refractivity contribution >= 4 is 36.0 Å². The van der Waals surface area contributed by atoms with Gasteiger partial charge in [-0.05, 0) is 59.1 Å². The molecule has 1 saturated heterocycles. The predicted octanol–water partition coefficient (Wildman–Crippen LogP) is 2.72. The molecule has 146 valence electrons. The number of hydrogen-bond acceptors (Lipinski definition) is 4. The number of nitrogens with one attached hydrogen (secondary N) is 1. The number of nitrogens with zero attached hydrogens (tertiary/aromatic N) is 1. The van der Waals surface area contributed by atoms with Gasteiger partial charge < -0.3 is 0 Å². The summed E-state index contributed by atoms with van der Waals surface area (Å²) in [6, 6.07) is 11.1. The third-order valence-corrected chi connectivity index (χ3v) is 8.75. The molecule has 0 saturated carbocycles. The molecule has 1 N–H and O–H groups in total. The van der Waals surface area contributed by atoms with Gasteiger partial charge in [-0.1, -0.05) is 18.2 Å². The van der Waals surface area contributed by atoms with Gasteiger partial charge in [0.25, 0.3) is 0 Å². The molecule has 0 aliphatic carbocycles. The number of rotatable bonds is 5. The third kappa shape index (κ3) is 4.57. The maximum Gasteiger partial charge on any atom is 0.244 e. The van der Waals surface area contributed by atoms with E-state index in [0.29, 0.717) is 12.8 Å². The minimum Gasteiger partial charge on any atom is -0.208 e. The van der Waals surface area contributed by atoms with Crippen LogP contribution in [0.3, 0.4) is 0 Å². The Morgan fingerprint density at radius 3 is 2.22 bits per heavy atom. The zero-order valence-electron chi connectivity index (χ0n) is 14.2. The molecule has 0 aromatic heterocycles. The Hall–Kier alpha value is -1.33. The molecule has 0 amide bonds. The molecule has 0 atom stereocenters. The SMILES string of the molecule is O=S(=O)(NC1CCN(S(=O)(=O)c2ccc(F)cc2Br)CC1)c1ccccc1. The number of benzene rings is 2. The lowest BCUT2D eigenvalue weighted by Gasteiger charge is -2.31. The molecular formula is C17H18BrFN2O4S2. The van der Waals surface area contributed by atoms with Gasteiger partial charge >= 0.3 is 0 Å². The van der Waals surface area contributed by atoms with Crippen LogP contribution in [0.5, 0.6) is 0 Å². The number of halogens is 2. The second-order valence-electron chi connectivity index (χ2n) is 6.19. The van der Waals surface area contributed by atoms with Crippen LogP contribution in [-0.2, 0) is 20.0 Å². The molecule has 2 aromatic carbocycles. The molecule has 0 spiro atoms. The first-order valence-electron chi connectivity index (χ1n) is 8.23. The van der Waals surface area contributed by atoms with Gasteiger partial charge in [-0.25, -0.2) is 25.9 Å². The normalized spacial score (nSPS) is 17.1. The van der Waals surface area contributed by atoms with Crippen molar-refractivity contribution in [2.45, 2.75) is 28.7 Å². The molecule has 10 heteroatoms. The van der Waals surface area contributed by atoms with Crippen LogP contribution in [0.25, 0.3) is 0 Å². The van der Waals surface area contributed by atoms with Crippen LogP contribution >= 0.6 is 15.9 Å². The standard InChI is InChI=1S/C17H18BrFN2O4S2/c18-16-12-13(19)6-7-17(16)27(24,25)21-10-8-14(9-11-21)20-26(22,23)15-4-2-1-3-5-15/h1-7,12,14,20H,8-11H2. The van der Waals surface area contributed by atoms with E-state index in [1.54, 1.807) is 18.2 Å². The molecule has 27 heavy (non-hydrogen) atoms. The molecule has 0 radical (unpaired) electrons. The van der Waals surface area contributed by atoms with Crippen molar-refractivity contribution in [3.63, 3.8) is 0 Å². The quantitative estimate of drug-likeness (QED) is 0.718. The number of piperidine rings is 1. The average Bonchev–Trinajstić information content (AvgIpc) is 2.62. The molecule has 0 unspecified atom stereocenters. The van der Waals surface area contributed by atoms with Crippen molar-refractivity contribution in [1.82, 2.24) is 9.03 Å². The average molecular weight is 477 g/mol. The minimum atomic E-state index is -3.79. The van der Waals surface area contributed by atoms with E-state index in [2.05, 4.69) is 20.7 Å². The van der Waals surface area contributed by atoms with Gasteiger partial charge in [0.15, 0.2) is 0 Å². The van der Waals surface area contributed by atoms with Crippen LogP contribution in [-0.4, -0.2) is 40.3 Å². The second-order valence-corrected chi connectivity index (χ2v) is 10.7. The van der Waals surface area contributed by atoms with E-state index in [1.165, 1.54) is 22.5 Å². The van der Waals surface area contributed by atoms with E-state index in [4.69, 9.17) is 0 Å². The summed E-state index contributed by atoms with van der Waals surface area (Å²) in [4.78, 5) is 0.169. The highest BCUT2D eigenvalue weighted by Gasteiger charge is 2.32. The summed E-state index contributed by atoms with van der Waals surface area (Å²) in [7, 11) is -7.43. The lowest BCUT2D eigenvalue weighted by Crippen LogP contribution is -2.46. The largest absolute Gasteiger partial charge is 0.244 e. The number of hydrogen-bond donors (Lipinski definition) is 1. The fourth-order valence-corrected chi connectivity index (χ4v) is 6.73. The second kappa shape index (κ2) is 7.96. The Morgan fingerprint density at radius 1 is 1.00 bits per heavy atom. The first-order chi connectivity index (χ1) is 12.7. The molecule has 3 rings (SSSR count). The van der Waals surface area contributed by atoms with E-state index in [0.717, 1.165) is 12.1 Å². The van der Waals surface area contributed by atoms with Crippen LogP contribution in [0.4, 0.5) is 4.39 Å². The maximum atomic E-state index is 13.2. The van der Waals surface area contributed by atoms with Crippen LogP contribution in [0.15, 0.2) is 62.8 Å². The summed E-state index contributed by atoms with van der Waals surface area (Å²) in [6.45, 7) is 0.349. The van der Waals surface area contributed by atoms with Gasteiger partial charge in [-0.3, -0.25) is 0 Å². The lowest BCUT2D eigenvalue weighted by atomic mass is 10.1. The highest BCUT2D eigenvalue weighted by molar-refractivity contribution is 9.10. The van der Waals surface area contributed by atoms with Crippen molar-refractivity contribution in [1.29, 1.82) is 0 Å². The molecule has 1 fully saturated rings. The van der Waals surface area contributed by atoms with E-state index in [-0.39, 0.29) is 33.4 Å². The van der Waals surface area contributed by atoms with Crippen LogP contribution < -0.4 is 4.72 Å². The third-order valence-electron chi connectivity index (χ3n) is 4.34. The van der Waals surface area contributed by atoms with Gasteiger partial charge in [0.2, 0.25) is 20.0 Å². The Kier molecular flexibility index (Phi) is 6.02. The van der Waals surface area contributed by atoms with Gasteiger partial charge in [0.05, 0.1) is 9.79 Å². The van der Waals surface area contributed by atoms with Crippen molar-refractivity contribution in [3.8, 4) is 0 Å². The van der Waals surface area contributed by atoms with Crippen molar-refractivity contribution in [3.05, 3.63) is 58.8 Å². The highest BCUT2D eigenvalue weighted by atomic mass is 79.9.